The van der Waals surface area contributed by atoms with Crippen molar-refractivity contribution in [1.82, 2.24) is 9.80 Å². The molecule has 5 heteroatoms. The number of aryl methyl sites for hydroxylation is 1. The number of carbonyl (C=O) groups is 1. The second-order valence-corrected chi connectivity index (χ2v) is 7.59. The molecule has 2 aromatic carbocycles. The van der Waals surface area contributed by atoms with Gasteiger partial charge in [-0.15, -0.1) is 0 Å². The van der Waals surface area contributed by atoms with Crippen LogP contribution >= 0.6 is 0 Å². The van der Waals surface area contributed by atoms with Crippen LogP contribution in [-0.4, -0.2) is 47.5 Å². The third-order valence-electron chi connectivity index (χ3n) is 5.43. The molecule has 0 radical (unpaired) electrons. The highest BCUT2D eigenvalue weighted by Crippen LogP contribution is 2.19. The van der Waals surface area contributed by atoms with E-state index in [1.807, 2.05) is 41.3 Å². The highest BCUT2D eigenvalue weighted by molar-refractivity contribution is 5.78. The van der Waals surface area contributed by atoms with Gasteiger partial charge in [0.05, 0.1) is 0 Å². The molecule has 2 aromatic rings. The summed E-state index contributed by atoms with van der Waals surface area (Å²) in [4.78, 5) is 16.9. The van der Waals surface area contributed by atoms with E-state index < -0.39 is 0 Å². The zero-order valence-electron chi connectivity index (χ0n) is 16.9. The van der Waals surface area contributed by atoms with Crippen molar-refractivity contribution in [3.63, 3.8) is 0 Å². The van der Waals surface area contributed by atoms with Crippen LogP contribution in [0.5, 0.6) is 5.75 Å². The molecule has 0 unspecified atom stereocenters. The van der Waals surface area contributed by atoms with Crippen LogP contribution in [0.1, 0.15) is 31.9 Å². The maximum absolute atomic E-state index is 13.1. The van der Waals surface area contributed by atoms with E-state index in [-0.39, 0.29) is 30.4 Å². The average molecular weight is 384 g/mol. The number of carbonyl (C=O) groups excluding carboxylic acids is 1. The van der Waals surface area contributed by atoms with Crippen LogP contribution in [0.3, 0.4) is 0 Å². The van der Waals surface area contributed by atoms with Gasteiger partial charge >= 0.3 is 0 Å². The van der Waals surface area contributed by atoms with Gasteiger partial charge in [0.15, 0.2) is 6.61 Å². The van der Waals surface area contributed by atoms with Crippen molar-refractivity contribution in [2.24, 2.45) is 0 Å². The summed E-state index contributed by atoms with van der Waals surface area (Å²) in [6, 6.07) is 14.9. The van der Waals surface area contributed by atoms with Gasteiger partial charge in [0.1, 0.15) is 11.6 Å². The quantitative estimate of drug-likeness (QED) is 0.758. The lowest BCUT2D eigenvalue weighted by Gasteiger charge is -2.44. The summed E-state index contributed by atoms with van der Waals surface area (Å²) in [5, 5.41) is 0. The fourth-order valence-corrected chi connectivity index (χ4v) is 3.64. The number of piperazine rings is 1. The van der Waals surface area contributed by atoms with Gasteiger partial charge in [-0.3, -0.25) is 9.69 Å². The Bertz CT molecular complexity index is 776. The lowest BCUT2D eigenvalue weighted by atomic mass is 10.1. The molecule has 1 aliphatic heterocycles. The Morgan fingerprint density at radius 3 is 2.29 bits per heavy atom. The van der Waals surface area contributed by atoms with Crippen LogP contribution < -0.4 is 4.74 Å². The molecule has 1 aliphatic rings. The molecule has 0 bridgehead atoms. The number of amides is 1. The van der Waals surface area contributed by atoms with Crippen LogP contribution in [0, 0.1) is 5.82 Å². The molecule has 1 amide bonds. The van der Waals surface area contributed by atoms with E-state index in [1.165, 1.54) is 17.7 Å². The molecule has 3 rings (SSSR count). The van der Waals surface area contributed by atoms with Crippen molar-refractivity contribution in [3.05, 3.63) is 65.5 Å². The monoisotopic (exact) mass is 384 g/mol. The van der Waals surface area contributed by atoms with Crippen molar-refractivity contribution in [3.8, 4) is 5.75 Å². The number of nitrogens with zero attached hydrogens (tertiary/aromatic N) is 2. The molecular formula is C23H29FN2O2. The predicted octanol–water partition coefficient (Wildman–Crippen LogP) is 3.89. The number of rotatable bonds is 6. The lowest BCUT2D eigenvalue weighted by Crippen LogP contribution is -2.58. The van der Waals surface area contributed by atoms with E-state index in [1.54, 1.807) is 0 Å². The van der Waals surface area contributed by atoms with E-state index >= 15 is 0 Å². The van der Waals surface area contributed by atoms with Crippen LogP contribution in [0.4, 0.5) is 4.39 Å². The summed E-state index contributed by atoms with van der Waals surface area (Å²) >= 11 is 0. The Kier molecular flexibility index (Phi) is 6.68. The minimum atomic E-state index is -0.218. The molecule has 4 nitrogen and oxygen atoms in total. The third-order valence-corrected chi connectivity index (χ3v) is 5.43. The van der Waals surface area contributed by atoms with Crippen LogP contribution in [0.2, 0.25) is 0 Å². The summed E-state index contributed by atoms with van der Waals surface area (Å²) in [6.07, 6.45) is 0.983. The van der Waals surface area contributed by atoms with Crippen molar-refractivity contribution < 1.29 is 13.9 Å². The fraction of sp³-hybridized carbons (Fsp3) is 0.435. The van der Waals surface area contributed by atoms with E-state index in [2.05, 4.69) is 25.7 Å². The highest BCUT2D eigenvalue weighted by atomic mass is 19.1. The molecule has 0 N–H and O–H groups in total. The first-order valence-corrected chi connectivity index (χ1v) is 9.96. The second kappa shape index (κ2) is 9.20. The van der Waals surface area contributed by atoms with E-state index in [0.29, 0.717) is 6.54 Å². The molecule has 0 aromatic heterocycles. The van der Waals surface area contributed by atoms with E-state index in [0.717, 1.165) is 30.8 Å². The lowest BCUT2D eigenvalue weighted by molar-refractivity contribution is -0.139. The molecule has 1 heterocycles. The smallest absolute Gasteiger partial charge is 0.260 e. The van der Waals surface area contributed by atoms with Crippen molar-refractivity contribution in [2.45, 2.75) is 45.8 Å². The Hall–Kier alpha value is -2.40. The van der Waals surface area contributed by atoms with Gasteiger partial charge < -0.3 is 9.64 Å². The largest absolute Gasteiger partial charge is 0.484 e. The van der Waals surface area contributed by atoms with Gasteiger partial charge in [0.25, 0.3) is 5.91 Å². The van der Waals surface area contributed by atoms with E-state index in [9.17, 15) is 9.18 Å². The van der Waals surface area contributed by atoms with Crippen LogP contribution in [-0.2, 0) is 17.8 Å². The van der Waals surface area contributed by atoms with E-state index in [4.69, 9.17) is 4.74 Å². The summed E-state index contributed by atoms with van der Waals surface area (Å²) < 4.78 is 18.8. The summed E-state index contributed by atoms with van der Waals surface area (Å²) in [5.74, 6) is 0.520. The first kappa shape index (κ1) is 20.3. The zero-order valence-corrected chi connectivity index (χ0v) is 16.9. The van der Waals surface area contributed by atoms with Crippen molar-refractivity contribution >= 4 is 5.91 Å². The van der Waals surface area contributed by atoms with Gasteiger partial charge in [-0.05, 0) is 55.7 Å². The third kappa shape index (κ3) is 5.10. The van der Waals surface area contributed by atoms with Crippen molar-refractivity contribution in [1.29, 1.82) is 0 Å². The molecular weight excluding hydrogens is 355 g/mol. The topological polar surface area (TPSA) is 32.8 Å². The zero-order chi connectivity index (χ0) is 20.1. The standard InChI is InChI=1S/C23H29FN2O2/c1-4-19-7-11-22(12-8-19)28-16-23(27)26-14-17(2)25(13-18(26)3)15-20-5-9-21(24)10-6-20/h5-12,17-18H,4,13-16H2,1-3H3/t17-,18+/m0/s1. The van der Waals surface area contributed by atoms with Crippen molar-refractivity contribution in [2.75, 3.05) is 19.7 Å². The first-order chi connectivity index (χ1) is 13.5. The molecule has 0 aliphatic carbocycles. The van der Waals surface area contributed by atoms with Gasteiger partial charge in [-0.1, -0.05) is 31.2 Å². The Morgan fingerprint density at radius 1 is 1.00 bits per heavy atom. The minimum Gasteiger partial charge on any atom is -0.484 e. The van der Waals surface area contributed by atoms with Gasteiger partial charge in [-0.25, -0.2) is 4.39 Å². The maximum Gasteiger partial charge on any atom is 0.260 e. The predicted molar refractivity (Wildman–Crippen MR) is 109 cm³/mol. The summed E-state index contributed by atoms with van der Waals surface area (Å²) in [7, 11) is 0. The SMILES string of the molecule is CCc1ccc(OCC(=O)N2C[C@H](C)N(Cc3ccc(F)cc3)C[C@H]2C)cc1. The maximum atomic E-state index is 13.1. The number of hydrogen-bond acceptors (Lipinski definition) is 3. The normalized spacial score (nSPS) is 20.2. The highest BCUT2D eigenvalue weighted by Gasteiger charge is 2.32. The number of hydrogen-bond donors (Lipinski definition) is 0. The molecule has 0 spiro atoms. The van der Waals surface area contributed by atoms with Crippen LogP contribution in [0.25, 0.3) is 0 Å². The van der Waals surface area contributed by atoms with Gasteiger partial charge in [0.2, 0.25) is 0 Å². The Morgan fingerprint density at radius 2 is 1.64 bits per heavy atom. The molecule has 0 saturated carbocycles. The summed E-state index contributed by atoms with van der Waals surface area (Å²) in [5.41, 5.74) is 2.33. The Balaban J connectivity index is 1.53. The molecule has 1 saturated heterocycles. The first-order valence-electron chi connectivity index (χ1n) is 9.96. The Labute approximate surface area is 166 Å². The molecule has 2 atom stereocenters. The number of halogens is 1. The molecule has 28 heavy (non-hydrogen) atoms. The molecule has 1 fully saturated rings. The summed E-state index contributed by atoms with van der Waals surface area (Å²) in [6.45, 7) is 8.57. The van der Waals surface area contributed by atoms with Gasteiger partial charge in [0, 0.05) is 31.7 Å². The molecule has 150 valence electrons. The number of benzene rings is 2. The van der Waals surface area contributed by atoms with Gasteiger partial charge in [-0.2, -0.15) is 0 Å². The number of ether oxygens (including phenoxy) is 1. The van der Waals surface area contributed by atoms with Crippen LogP contribution in [0.15, 0.2) is 48.5 Å². The average Bonchev–Trinajstić information content (AvgIpc) is 2.70. The second-order valence-electron chi connectivity index (χ2n) is 7.59. The fourth-order valence-electron chi connectivity index (χ4n) is 3.64. The minimum absolute atomic E-state index is 0.0142.